The number of hydrogen-bond acceptors (Lipinski definition) is 6. The van der Waals surface area contributed by atoms with E-state index in [-0.39, 0.29) is 11.9 Å². The summed E-state index contributed by atoms with van der Waals surface area (Å²) in [6.07, 6.45) is 0. The zero-order valence-electron chi connectivity index (χ0n) is 16.0. The first-order valence-corrected chi connectivity index (χ1v) is 9.88. The molecular weight excluding hydrogens is 364 g/mol. The second kappa shape index (κ2) is 9.21. The van der Waals surface area contributed by atoms with Crippen LogP contribution in [0.3, 0.4) is 0 Å². The highest BCUT2D eigenvalue weighted by molar-refractivity contribution is 7.12. The minimum atomic E-state index is -0.0266. The first-order valence-electron chi connectivity index (χ1n) is 9.00. The number of morpholine rings is 1. The third kappa shape index (κ3) is 4.61. The average molecular weight is 391 g/mol. The lowest BCUT2D eigenvalue weighted by Gasteiger charge is -2.35. The Hall–Kier alpha value is -2.09. The van der Waals surface area contributed by atoms with E-state index in [1.54, 1.807) is 14.2 Å². The summed E-state index contributed by atoms with van der Waals surface area (Å²) < 4.78 is 16.3. The first-order chi connectivity index (χ1) is 13.1. The standard InChI is InChI=1S/C20H26N2O4S/c1-14-6-11-27-19(14)20(23)21-13-16(22-7-9-26-10-8-22)15-4-5-17(24-2)18(12-15)25-3/h4-6,11-12,16H,7-10,13H2,1-3H3,(H,21,23)/t16-/m1/s1. The maximum absolute atomic E-state index is 12.6. The predicted octanol–water partition coefficient (Wildman–Crippen LogP) is 2.88. The molecule has 1 N–H and O–H groups in total. The van der Waals surface area contributed by atoms with Crippen molar-refractivity contribution in [2.45, 2.75) is 13.0 Å². The Balaban J connectivity index is 1.80. The van der Waals surface area contributed by atoms with E-state index in [4.69, 9.17) is 14.2 Å². The molecular formula is C20H26N2O4S. The average Bonchev–Trinajstić information content (AvgIpc) is 3.14. The van der Waals surface area contributed by atoms with Crippen LogP contribution >= 0.6 is 11.3 Å². The highest BCUT2D eigenvalue weighted by Gasteiger charge is 2.25. The lowest BCUT2D eigenvalue weighted by atomic mass is 10.0. The second-order valence-corrected chi connectivity index (χ2v) is 7.34. The molecule has 0 bridgehead atoms. The van der Waals surface area contributed by atoms with Gasteiger partial charge in [0.15, 0.2) is 11.5 Å². The van der Waals surface area contributed by atoms with Crippen LogP contribution in [0, 0.1) is 6.92 Å². The number of benzene rings is 1. The van der Waals surface area contributed by atoms with Crippen molar-refractivity contribution in [1.29, 1.82) is 0 Å². The fourth-order valence-corrected chi connectivity index (χ4v) is 4.12. The van der Waals surface area contributed by atoms with Crippen LogP contribution in [0.4, 0.5) is 0 Å². The van der Waals surface area contributed by atoms with E-state index >= 15 is 0 Å². The number of ether oxygens (including phenoxy) is 3. The number of carbonyl (C=O) groups is 1. The van der Waals surface area contributed by atoms with Crippen molar-refractivity contribution in [3.63, 3.8) is 0 Å². The highest BCUT2D eigenvalue weighted by Crippen LogP contribution is 2.32. The Morgan fingerprint density at radius 1 is 1.22 bits per heavy atom. The van der Waals surface area contributed by atoms with Crippen LogP contribution in [-0.2, 0) is 4.74 Å². The molecule has 1 atom stereocenters. The van der Waals surface area contributed by atoms with Crippen LogP contribution in [-0.4, -0.2) is 57.9 Å². The van der Waals surface area contributed by atoms with Crippen molar-refractivity contribution >= 4 is 17.2 Å². The van der Waals surface area contributed by atoms with Gasteiger partial charge in [-0.25, -0.2) is 0 Å². The number of amides is 1. The van der Waals surface area contributed by atoms with Crippen molar-refractivity contribution in [1.82, 2.24) is 10.2 Å². The van der Waals surface area contributed by atoms with Crippen LogP contribution in [0.25, 0.3) is 0 Å². The lowest BCUT2D eigenvalue weighted by molar-refractivity contribution is 0.0162. The first kappa shape index (κ1) is 19.7. The summed E-state index contributed by atoms with van der Waals surface area (Å²) in [7, 11) is 3.26. The van der Waals surface area contributed by atoms with Gasteiger partial charge in [0.2, 0.25) is 0 Å². The fourth-order valence-electron chi connectivity index (χ4n) is 3.28. The monoisotopic (exact) mass is 390 g/mol. The number of aryl methyl sites for hydroxylation is 1. The molecule has 0 spiro atoms. The van der Waals surface area contributed by atoms with Crippen LogP contribution in [0.2, 0.25) is 0 Å². The van der Waals surface area contributed by atoms with E-state index < -0.39 is 0 Å². The normalized spacial score (nSPS) is 16.0. The summed E-state index contributed by atoms with van der Waals surface area (Å²) in [5, 5.41) is 5.05. The molecule has 1 fully saturated rings. The van der Waals surface area contributed by atoms with Gasteiger partial charge >= 0.3 is 0 Å². The van der Waals surface area contributed by atoms with Crippen molar-refractivity contribution < 1.29 is 19.0 Å². The van der Waals surface area contributed by atoms with E-state index in [9.17, 15) is 4.79 Å². The van der Waals surface area contributed by atoms with Gasteiger partial charge in [-0.2, -0.15) is 0 Å². The van der Waals surface area contributed by atoms with Crippen molar-refractivity contribution in [3.8, 4) is 11.5 Å². The van der Waals surface area contributed by atoms with E-state index in [1.807, 2.05) is 36.6 Å². The van der Waals surface area contributed by atoms with Gasteiger partial charge in [0.1, 0.15) is 0 Å². The topological polar surface area (TPSA) is 60.0 Å². The second-order valence-electron chi connectivity index (χ2n) is 6.42. The zero-order chi connectivity index (χ0) is 19.2. The summed E-state index contributed by atoms with van der Waals surface area (Å²) in [5.41, 5.74) is 2.09. The zero-order valence-corrected chi connectivity index (χ0v) is 16.8. The Kier molecular flexibility index (Phi) is 6.71. The maximum atomic E-state index is 12.6. The van der Waals surface area contributed by atoms with Gasteiger partial charge in [0.05, 0.1) is 38.4 Å². The van der Waals surface area contributed by atoms with Gasteiger partial charge in [-0.1, -0.05) is 6.07 Å². The molecule has 1 aliphatic rings. The molecule has 1 saturated heterocycles. The molecule has 3 rings (SSSR count). The van der Waals surface area contributed by atoms with E-state index in [0.717, 1.165) is 29.1 Å². The SMILES string of the molecule is COc1ccc([C@@H](CNC(=O)c2sccc2C)N2CCOCC2)cc1OC. The molecule has 1 amide bonds. The number of methoxy groups -OCH3 is 2. The number of carbonyl (C=O) groups excluding carboxylic acids is 1. The lowest BCUT2D eigenvalue weighted by Crippen LogP contribution is -2.43. The fraction of sp³-hybridized carbons (Fsp3) is 0.450. The summed E-state index contributed by atoms with van der Waals surface area (Å²) in [6, 6.07) is 7.93. The molecule has 2 heterocycles. The number of nitrogens with zero attached hydrogens (tertiary/aromatic N) is 1. The molecule has 146 valence electrons. The van der Waals surface area contributed by atoms with Gasteiger partial charge in [-0.15, -0.1) is 11.3 Å². The van der Waals surface area contributed by atoms with Gasteiger partial charge in [-0.05, 0) is 41.6 Å². The molecule has 0 saturated carbocycles. The van der Waals surface area contributed by atoms with E-state index in [0.29, 0.717) is 31.3 Å². The molecule has 27 heavy (non-hydrogen) atoms. The molecule has 1 aromatic carbocycles. The van der Waals surface area contributed by atoms with Crippen molar-refractivity contribution in [3.05, 3.63) is 45.6 Å². The maximum Gasteiger partial charge on any atom is 0.261 e. The van der Waals surface area contributed by atoms with Crippen LogP contribution in [0.1, 0.15) is 26.8 Å². The Labute approximate surface area is 164 Å². The van der Waals surface area contributed by atoms with Crippen molar-refractivity contribution in [2.24, 2.45) is 0 Å². The minimum Gasteiger partial charge on any atom is -0.493 e. The number of hydrogen-bond donors (Lipinski definition) is 1. The molecule has 1 aliphatic heterocycles. The van der Waals surface area contributed by atoms with Gasteiger partial charge in [0.25, 0.3) is 5.91 Å². The van der Waals surface area contributed by atoms with Crippen LogP contribution in [0.5, 0.6) is 11.5 Å². The molecule has 6 nitrogen and oxygen atoms in total. The van der Waals surface area contributed by atoms with Gasteiger partial charge in [-0.3, -0.25) is 9.69 Å². The number of rotatable bonds is 7. The molecule has 0 aliphatic carbocycles. The third-order valence-corrected chi connectivity index (χ3v) is 5.82. The third-order valence-electron chi connectivity index (χ3n) is 4.80. The molecule has 0 unspecified atom stereocenters. The summed E-state index contributed by atoms with van der Waals surface area (Å²) in [4.78, 5) is 15.7. The van der Waals surface area contributed by atoms with Gasteiger partial charge < -0.3 is 19.5 Å². The molecule has 7 heteroatoms. The largest absolute Gasteiger partial charge is 0.493 e. The Morgan fingerprint density at radius 3 is 2.59 bits per heavy atom. The summed E-state index contributed by atoms with van der Waals surface area (Å²) >= 11 is 1.47. The Morgan fingerprint density at radius 2 is 1.96 bits per heavy atom. The quantitative estimate of drug-likeness (QED) is 0.788. The van der Waals surface area contributed by atoms with Gasteiger partial charge in [0, 0.05) is 19.6 Å². The minimum absolute atomic E-state index is 0.0266. The molecule has 1 aromatic heterocycles. The Bertz CT molecular complexity index is 771. The number of nitrogens with one attached hydrogen (secondary N) is 1. The van der Waals surface area contributed by atoms with Crippen LogP contribution in [0.15, 0.2) is 29.6 Å². The highest BCUT2D eigenvalue weighted by atomic mass is 32.1. The summed E-state index contributed by atoms with van der Waals surface area (Å²) in [5.74, 6) is 1.36. The summed E-state index contributed by atoms with van der Waals surface area (Å²) in [6.45, 7) is 5.52. The molecule has 2 aromatic rings. The van der Waals surface area contributed by atoms with Crippen molar-refractivity contribution in [2.75, 3.05) is 47.1 Å². The number of thiophene rings is 1. The van der Waals surface area contributed by atoms with Crippen LogP contribution < -0.4 is 14.8 Å². The molecule has 0 radical (unpaired) electrons. The van der Waals surface area contributed by atoms with E-state index in [2.05, 4.69) is 10.2 Å². The predicted molar refractivity (Wildman–Crippen MR) is 106 cm³/mol. The van der Waals surface area contributed by atoms with E-state index in [1.165, 1.54) is 11.3 Å². The smallest absolute Gasteiger partial charge is 0.261 e.